The van der Waals surface area contributed by atoms with Gasteiger partial charge in [-0.2, -0.15) is 0 Å². The maximum atomic E-state index is 13.3. The standard InChI is InChI=1S/C14H16FN3/c1-3-18(12-6-4-5-11(15)9-12)14-8-7-13(16)10(2)17-14/h4-9H,3,16H2,1-2H3. The van der Waals surface area contributed by atoms with E-state index in [2.05, 4.69) is 4.98 Å². The zero-order valence-corrected chi connectivity index (χ0v) is 10.5. The second kappa shape index (κ2) is 5.04. The van der Waals surface area contributed by atoms with E-state index in [-0.39, 0.29) is 5.82 Å². The first kappa shape index (κ1) is 12.4. The molecule has 0 amide bonds. The first-order valence-corrected chi connectivity index (χ1v) is 5.88. The van der Waals surface area contributed by atoms with Crippen molar-refractivity contribution in [2.75, 3.05) is 17.2 Å². The van der Waals surface area contributed by atoms with E-state index in [1.54, 1.807) is 6.07 Å². The Balaban J connectivity index is 2.42. The zero-order valence-electron chi connectivity index (χ0n) is 10.5. The van der Waals surface area contributed by atoms with Gasteiger partial charge in [-0.05, 0) is 44.2 Å². The van der Waals surface area contributed by atoms with Crippen molar-refractivity contribution in [1.82, 2.24) is 4.98 Å². The molecule has 4 heteroatoms. The van der Waals surface area contributed by atoms with E-state index in [1.807, 2.05) is 36.9 Å². The lowest BCUT2D eigenvalue weighted by Gasteiger charge is -2.22. The summed E-state index contributed by atoms with van der Waals surface area (Å²) in [5.74, 6) is 0.521. The van der Waals surface area contributed by atoms with E-state index in [1.165, 1.54) is 12.1 Å². The van der Waals surface area contributed by atoms with Crippen molar-refractivity contribution in [3.63, 3.8) is 0 Å². The van der Waals surface area contributed by atoms with Crippen LogP contribution in [0.15, 0.2) is 36.4 Å². The molecule has 1 aromatic carbocycles. The summed E-state index contributed by atoms with van der Waals surface area (Å²) in [5.41, 5.74) is 7.98. The van der Waals surface area contributed by atoms with Crippen LogP contribution in [-0.4, -0.2) is 11.5 Å². The van der Waals surface area contributed by atoms with Crippen molar-refractivity contribution in [2.24, 2.45) is 0 Å². The van der Waals surface area contributed by atoms with Crippen molar-refractivity contribution in [1.29, 1.82) is 0 Å². The average Bonchev–Trinajstić information content (AvgIpc) is 2.35. The highest BCUT2D eigenvalue weighted by Gasteiger charge is 2.10. The van der Waals surface area contributed by atoms with Gasteiger partial charge in [-0.15, -0.1) is 0 Å². The van der Waals surface area contributed by atoms with Crippen LogP contribution in [0, 0.1) is 12.7 Å². The van der Waals surface area contributed by atoms with Crippen LogP contribution in [0.1, 0.15) is 12.6 Å². The van der Waals surface area contributed by atoms with Gasteiger partial charge >= 0.3 is 0 Å². The van der Waals surface area contributed by atoms with E-state index in [0.29, 0.717) is 12.2 Å². The number of rotatable bonds is 3. The molecular weight excluding hydrogens is 229 g/mol. The summed E-state index contributed by atoms with van der Waals surface area (Å²) in [5, 5.41) is 0. The fraction of sp³-hybridized carbons (Fsp3) is 0.214. The third-order valence-corrected chi connectivity index (χ3v) is 2.82. The molecule has 0 aliphatic rings. The number of aromatic nitrogens is 1. The van der Waals surface area contributed by atoms with Crippen LogP contribution in [0.3, 0.4) is 0 Å². The lowest BCUT2D eigenvalue weighted by molar-refractivity contribution is 0.627. The Hall–Kier alpha value is -2.10. The van der Waals surface area contributed by atoms with Crippen molar-refractivity contribution < 1.29 is 4.39 Å². The smallest absolute Gasteiger partial charge is 0.133 e. The molecule has 0 aliphatic heterocycles. The Bertz CT molecular complexity index is 554. The molecule has 0 saturated carbocycles. The number of hydrogen-bond acceptors (Lipinski definition) is 3. The summed E-state index contributed by atoms with van der Waals surface area (Å²) < 4.78 is 13.3. The molecule has 2 aromatic rings. The number of halogens is 1. The van der Waals surface area contributed by atoms with Gasteiger partial charge in [-0.25, -0.2) is 9.37 Å². The molecule has 3 nitrogen and oxygen atoms in total. The minimum absolute atomic E-state index is 0.252. The number of benzene rings is 1. The first-order chi connectivity index (χ1) is 8.61. The first-order valence-electron chi connectivity index (χ1n) is 5.88. The maximum Gasteiger partial charge on any atom is 0.133 e. The van der Waals surface area contributed by atoms with Crippen molar-refractivity contribution in [3.05, 3.63) is 47.9 Å². The molecule has 0 aliphatic carbocycles. The zero-order chi connectivity index (χ0) is 13.1. The summed E-state index contributed by atoms with van der Waals surface area (Å²) in [6, 6.07) is 10.1. The summed E-state index contributed by atoms with van der Waals surface area (Å²) in [4.78, 5) is 6.37. The van der Waals surface area contributed by atoms with Gasteiger partial charge in [0, 0.05) is 12.2 Å². The minimum Gasteiger partial charge on any atom is -0.397 e. The molecule has 0 radical (unpaired) electrons. The predicted octanol–water partition coefficient (Wildman–Crippen LogP) is 3.27. The highest BCUT2D eigenvalue weighted by Crippen LogP contribution is 2.25. The van der Waals surface area contributed by atoms with Gasteiger partial charge in [-0.1, -0.05) is 6.07 Å². The summed E-state index contributed by atoms with van der Waals surface area (Å²) in [6.07, 6.45) is 0. The molecule has 2 N–H and O–H groups in total. The molecule has 94 valence electrons. The van der Waals surface area contributed by atoms with Crippen LogP contribution in [0.4, 0.5) is 21.6 Å². The van der Waals surface area contributed by atoms with Crippen LogP contribution in [0.2, 0.25) is 0 Å². The van der Waals surface area contributed by atoms with Crippen LogP contribution >= 0.6 is 0 Å². The topological polar surface area (TPSA) is 42.1 Å². The van der Waals surface area contributed by atoms with Gasteiger partial charge in [0.1, 0.15) is 11.6 Å². The van der Waals surface area contributed by atoms with Gasteiger partial charge < -0.3 is 10.6 Å². The van der Waals surface area contributed by atoms with E-state index >= 15 is 0 Å². The van der Waals surface area contributed by atoms with Crippen molar-refractivity contribution >= 4 is 17.2 Å². The van der Waals surface area contributed by atoms with Crippen molar-refractivity contribution in [2.45, 2.75) is 13.8 Å². The maximum absolute atomic E-state index is 13.3. The van der Waals surface area contributed by atoms with E-state index in [9.17, 15) is 4.39 Å². The highest BCUT2D eigenvalue weighted by molar-refractivity contribution is 5.62. The number of nitrogen functional groups attached to an aromatic ring is 1. The highest BCUT2D eigenvalue weighted by atomic mass is 19.1. The van der Waals surface area contributed by atoms with Gasteiger partial charge in [0.2, 0.25) is 0 Å². The largest absolute Gasteiger partial charge is 0.397 e. The molecule has 0 bridgehead atoms. The Morgan fingerprint density at radius 1 is 1.28 bits per heavy atom. The molecule has 1 heterocycles. The minimum atomic E-state index is -0.252. The molecule has 2 rings (SSSR count). The van der Waals surface area contributed by atoms with Crippen LogP contribution in [-0.2, 0) is 0 Å². The number of nitrogens with two attached hydrogens (primary N) is 1. The fourth-order valence-electron chi connectivity index (χ4n) is 1.83. The number of aryl methyl sites for hydroxylation is 1. The third kappa shape index (κ3) is 2.42. The number of anilines is 3. The van der Waals surface area contributed by atoms with Gasteiger partial charge in [-0.3, -0.25) is 0 Å². The second-order valence-corrected chi connectivity index (χ2v) is 4.07. The molecule has 0 unspecified atom stereocenters. The Labute approximate surface area is 106 Å². The van der Waals surface area contributed by atoms with E-state index in [0.717, 1.165) is 17.2 Å². The van der Waals surface area contributed by atoms with Gasteiger partial charge in [0.25, 0.3) is 0 Å². The van der Waals surface area contributed by atoms with E-state index < -0.39 is 0 Å². The summed E-state index contributed by atoms with van der Waals surface area (Å²) >= 11 is 0. The van der Waals surface area contributed by atoms with Crippen molar-refractivity contribution in [3.8, 4) is 0 Å². The number of nitrogens with zero attached hydrogens (tertiary/aromatic N) is 2. The summed E-state index contributed by atoms with van der Waals surface area (Å²) in [6.45, 7) is 4.57. The monoisotopic (exact) mass is 245 g/mol. The van der Waals surface area contributed by atoms with Crippen LogP contribution in [0.5, 0.6) is 0 Å². The molecule has 18 heavy (non-hydrogen) atoms. The average molecular weight is 245 g/mol. The second-order valence-electron chi connectivity index (χ2n) is 4.07. The van der Waals surface area contributed by atoms with Crippen LogP contribution in [0.25, 0.3) is 0 Å². The Morgan fingerprint density at radius 2 is 2.06 bits per heavy atom. The fourth-order valence-corrected chi connectivity index (χ4v) is 1.83. The SMILES string of the molecule is CCN(c1cccc(F)c1)c1ccc(N)c(C)n1. The lowest BCUT2D eigenvalue weighted by Crippen LogP contribution is -2.18. The molecule has 1 aromatic heterocycles. The molecular formula is C14H16FN3. The molecule has 0 saturated heterocycles. The summed E-state index contributed by atoms with van der Waals surface area (Å²) in [7, 11) is 0. The molecule has 0 atom stereocenters. The van der Waals surface area contributed by atoms with Gasteiger partial charge in [0.15, 0.2) is 0 Å². The third-order valence-electron chi connectivity index (χ3n) is 2.82. The predicted molar refractivity (Wildman–Crippen MR) is 72.5 cm³/mol. The van der Waals surface area contributed by atoms with Gasteiger partial charge in [0.05, 0.1) is 11.4 Å². The number of hydrogen-bond donors (Lipinski definition) is 1. The quantitative estimate of drug-likeness (QED) is 0.902. The van der Waals surface area contributed by atoms with Crippen LogP contribution < -0.4 is 10.6 Å². The molecule has 0 fully saturated rings. The Kier molecular flexibility index (Phi) is 3.46. The van der Waals surface area contributed by atoms with E-state index in [4.69, 9.17) is 5.73 Å². The lowest BCUT2D eigenvalue weighted by atomic mass is 10.2. The normalized spacial score (nSPS) is 10.4. The number of pyridine rings is 1. The molecule has 0 spiro atoms. The Morgan fingerprint density at radius 3 is 2.67 bits per heavy atom.